The second kappa shape index (κ2) is 7.64. The van der Waals surface area contributed by atoms with Gasteiger partial charge in [-0.15, -0.1) is 0 Å². The largest absolute Gasteiger partial charge is 0.481 e. The summed E-state index contributed by atoms with van der Waals surface area (Å²) in [6.45, 7) is 3.99. The van der Waals surface area contributed by atoms with Gasteiger partial charge in [0.1, 0.15) is 5.92 Å². The van der Waals surface area contributed by atoms with Crippen molar-refractivity contribution in [1.82, 2.24) is 4.57 Å². The summed E-state index contributed by atoms with van der Waals surface area (Å²) in [6, 6.07) is 22.7. The second-order valence-electron chi connectivity index (χ2n) is 7.78. The van der Waals surface area contributed by atoms with Crippen LogP contribution in [0.5, 0.6) is 0 Å². The molecule has 4 nitrogen and oxygen atoms in total. The Morgan fingerprint density at radius 2 is 1.57 bits per heavy atom. The van der Waals surface area contributed by atoms with Crippen molar-refractivity contribution in [2.24, 2.45) is 7.05 Å². The molecular weight excluding hydrogens is 374 g/mol. The van der Waals surface area contributed by atoms with Crippen molar-refractivity contribution >= 4 is 16.9 Å². The zero-order valence-electron chi connectivity index (χ0n) is 17.2. The maximum Gasteiger partial charge on any atom is 0.315 e. The number of hydrogen-bond acceptors (Lipinski definition) is 2. The Kier molecular flexibility index (Phi) is 5.00. The molecule has 0 aliphatic carbocycles. The van der Waals surface area contributed by atoms with Crippen LogP contribution in [0.15, 0.2) is 77.6 Å². The Hall–Kier alpha value is -3.66. The Morgan fingerprint density at radius 1 is 0.867 bits per heavy atom. The van der Waals surface area contributed by atoms with E-state index in [0.29, 0.717) is 5.56 Å². The first-order valence-corrected chi connectivity index (χ1v) is 9.85. The molecule has 30 heavy (non-hydrogen) atoms. The van der Waals surface area contributed by atoms with Crippen LogP contribution in [-0.4, -0.2) is 15.6 Å². The van der Waals surface area contributed by atoms with E-state index in [4.69, 9.17) is 0 Å². The minimum absolute atomic E-state index is 0.0972. The molecule has 1 aromatic heterocycles. The van der Waals surface area contributed by atoms with Crippen LogP contribution < -0.4 is 5.56 Å². The van der Waals surface area contributed by atoms with E-state index in [-0.39, 0.29) is 5.56 Å². The molecule has 0 aliphatic heterocycles. The Balaban J connectivity index is 1.98. The number of aliphatic carboxylic acids is 1. The first-order valence-electron chi connectivity index (χ1n) is 9.85. The molecule has 0 radical (unpaired) electrons. The average Bonchev–Trinajstić information content (AvgIpc) is 2.72. The molecule has 4 rings (SSSR count). The predicted molar refractivity (Wildman–Crippen MR) is 120 cm³/mol. The van der Waals surface area contributed by atoms with Gasteiger partial charge in [-0.25, -0.2) is 0 Å². The van der Waals surface area contributed by atoms with E-state index in [2.05, 4.69) is 0 Å². The van der Waals surface area contributed by atoms with Crippen molar-refractivity contribution in [3.63, 3.8) is 0 Å². The van der Waals surface area contributed by atoms with Gasteiger partial charge in [-0.2, -0.15) is 0 Å². The zero-order valence-corrected chi connectivity index (χ0v) is 17.2. The maximum atomic E-state index is 12.6. The van der Waals surface area contributed by atoms with Gasteiger partial charge in [0.15, 0.2) is 0 Å². The number of aromatic nitrogens is 1. The van der Waals surface area contributed by atoms with Crippen molar-refractivity contribution in [1.29, 1.82) is 0 Å². The van der Waals surface area contributed by atoms with Gasteiger partial charge in [0.05, 0.1) is 5.52 Å². The number of carbonyl (C=O) groups is 1. The number of pyridine rings is 1. The fourth-order valence-electron chi connectivity index (χ4n) is 3.95. The van der Waals surface area contributed by atoms with Gasteiger partial charge in [0, 0.05) is 18.5 Å². The molecule has 3 aromatic carbocycles. The van der Waals surface area contributed by atoms with E-state index in [0.717, 1.165) is 38.7 Å². The third kappa shape index (κ3) is 3.52. The monoisotopic (exact) mass is 397 g/mol. The molecule has 1 atom stereocenters. The van der Waals surface area contributed by atoms with Crippen LogP contribution in [-0.2, 0) is 11.8 Å². The predicted octanol–water partition coefficient (Wildman–Crippen LogP) is 5.04. The Bertz CT molecular complexity index is 1320. The van der Waals surface area contributed by atoms with Crippen LogP contribution in [0.3, 0.4) is 0 Å². The van der Waals surface area contributed by atoms with E-state index in [9.17, 15) is 14.7 Å². The molecule has 1 unspecified atom stereocenters. The summed E-state index contributed by atoms with van der Waals surface area (Å²) in [5.41, 5.74) is 6.03. The minimum Gasteiger partial charge on any atom is -0.481 e. The van der Waals surface area contributed by atoms with Gasteiger partial charge in [0.2, 0.25) is 0 Å². The Morgan fingerprint density at radius 3 is 2.23 bits per heavy atom. The van der Waals surface area contributed by atoms with Gasteiger partial charge < -0.3 is 9.67 Å². The van der Waals surface area contributed by atoms with Crippen molar-refractivity contribution in [2.45, 2.75) is 19.8 Å². The van der Waals surface area contributed by atoms with Crippen molar-refractivity contribution in [3.05, 3.63) is 105 Å². The van der Waals surface area contributed by atoms with Gasteiger partial charge >= 0.3 is 5.97 Å². The summed E-state index contributed by atoms with van der Waals surface area (Å²) in [7, 11) is 1.74. The molecule has 150 valence electrons. The van der Waals surface area contributed by atoms with Crippen LogP contribution in [0.1, 0.15) is 28.2 Å². The number of carboxylic acids is 1. The molecule has 1 heterocycles. The first kappa shape index (κ1) is 19.6. The molecule has 0 saturated carbocycles. The lowest BCUT2D eigenvalue weighted by Crippen LogP contribution is -2.17. The fourth-order valence-corrected chi connectivity index (χ4v) is 3.95. The normalized spacial score (nSPS) is 12.1. The van der Waals surface area contributed by atoms with E-state index < -0.39 is 11.9 Å². The maximum absolute atomic E-state index is 12.6. The van der Waals surface area contributed by atoms with E-state index >= 15 is 0 Å². The first-order chi connectivity index (χ1) is 14.3. The molecule has 0 saturated heterocycles. The molecule has 4 aromatic rings. The number of carboxylic acid groups (broad SMARTS) is 1. The SMILES string of the molecule is Cc1ccc(C(C(=O)O)c2ccc3c(c2)c(-c2cccc(C)c2)cc(=O)n3C)cc1. The van der Waals surface area contributed by atoms with Gasteiger partial charge in [0.25, 0.3) is 5.56 Å². The van der Waals surface area contributed by atoms with Crippen LogP contribution in [0.4, 0.5) is 0 Å². The van der Waals surface area contributed by atoms with Gasteiger partial charge in [-0.05, 0) is 48.2 Å². The van der Waals surface area contributed by atoms with Crippen molar-refractivity contribution in [2.75, 3.05) is 0 Å². The van der Waals surface area contributed by atoms with E-state index in [1.807, 2.05) is 74.5 Å². The fraction of sp³-hybridized carbons (Fsp3) is 0.154. The summed E-state index contributed by atoms with van der Waals surface area (Å²) >= 11 is 0. The highest BCUT2D eigenvalue weighted by Crippen LogP contribution is 2.32. The lowest BCUT2D eigenvalue weighted by Gasteiger charge is -2.17. The zero-order chi connectivity index (χ0) is 21.4. The molecule has 0 aliphatic rings. The van der Waals surface area contributed by atoms with Gasteiger partial charge in [-0.1, -0.05) is 65.7 Å². The highest BCUT2D eigenvalue weighted by Gasteiger charge is 2.23. The number of aryl methyl sites for hydroxylation is 3. The summed E-state index contributed by atoms with van der Waals surface area (Å²) in [6.07, 6.45) is 0. The van der Waals surface area contributed by atoms with Crippen LogP contribution in [0, 0.1) is 13.8 Å². The average molecular weight is 397 g/mol. The van der Waals surface area contributed by atoms with Crippen LogP contribution in [0.2, 0.25) is 0 Å². The molecule has 0 spiro atoms. The third-order valence-electron chi connectivity index (χ3n) is 5.59. The molecule has 1 N–H and O–H groups in total. The topological polar surface area (TPSA) is 59.3 Å². The molecule has 0 amide bonds. The minimum atomic E-state index is -0.903. The Labute approximate surface area is 175 Å². The number of fused-ring (bicyclic) bond motifs is 1. The highest BCUT2D eigenvalue weighted by atomic mass is 16.4. The van der Waals surface area contributed by atoms with E-state index in [1.54, 1.807) is 23.7 Å². The van der Waals surface area contributed by atoms with Crippen molar-refractivity contribution in [3.8, 4) is 11.1 Å². The summed E-state index contributed by atoms with van der Waals surface area (Å²) < 4.78 is 1.60. The highest BCUT2D eigenvalue weighted by molar-refractivity contribution is 5.96. The number of hydrogen-bond donors (Lipinski definition) is 1. The lowest BCUT2D eigenvalue weighted by molar-refractivity contribution is -0.137. The smallest absolute Gasteiger partial charge is 0.315 e. The molecule has 4 heteroatoms. The quantitative estimate of drug-likeness (QED) is 0.525. The summed E-state index contributed by atoms with van der Waals surface area (Å²) in [4.78, 5) is 24.7. The third-order valence-corrected chi connectivity index (χ3v) is 5.59. The lowest BCUT2D eigenvalue weighted by atomic mass is 9.89. The second-order valence-corrected chi connectivity index (χ2v) is 7.78. The number of nitrogens with zero attached hydrogens (tertiary/aromatic N) is 1. The number of rotatable bonds is 4. The summed E-state index contributed by atoms with van der Waals surface area (Å²) in [5, 5.41) is 10.8. The molecular formula is C26H23NO3. The standard InChI is InChI=1S/C26H23NO3/c1-16-7-9-18(10-8-16)25(26(29)30)20-11-12-23-22(14-20)21(15-24(28)27(23)3)19-6-4-5-17(2)13-19/h4-15,25H,1-3H3,(H,29,30). The molecule has 0 fully saturated rings. The summed E-state index contributed by atoms with van der Waals surface area (Å²) in [5.74, 6) is -1.68. The van der Waals surface area contributed by atoms with Crippen LogP contribution in [0.25, 0.3) is 22.0 Å². The molecule has 0 bridgehead atoms. The number of benzene rings is 3. The van der Waals surface area contributed by atoms with Crippen molar-refractivity contribution < 1.29 is 9.90 Å². The van der Waals surface area contributed by atoms with Crippen LogP contribution >= 0.6 is 0 Å². The van der Waals surface area contributed by atoms with Gasteiger partial charge in [-0.3, -0.25) is 9.59 Å². The van der Waals surface area contributed by atoms with E-state index in [1.165, 1.54) is 0 Å².